The van der Waals surface area contributed by atoms with Crippen LogP contribution in [-0.4, -0.2) is 51.3 Å². The number of amides is 1. The lowest BCUT2D eigenvalue weighted by molar-refractivity contribution is -0.120. The van der Waals surface area contributed by atoms with Crippen molar-refractivity contribution in [3.8, 4) is 0 Å². The van der Waals surface area contributed by atoms with E-state index in [-0.39, 0.29) is 11.5 Å². The predicted octanol–water partition coefficient (Wildman–Crippen LogP) is -0.560. The highest BCUT2D eigenvalue weighted by Crippen LogP contribution is 2.11. The Kier molecular flexibility index (Phi) is 3.61. The molecule has 1 amide bonds. The molecule has 2 heterocycles. The number of carbonyl (C=O) groups is 2. The summed E-state index contributed by atoms with van der Waals surface area (Å²) in [5.41, 5.74) is 0.887. The topological polar surface area (TPSA) is 87.5 Å². The molecule has 0 spiro atoms. The molecule has 2 N–H and O–H groups in total. The fraction of sp³-hybridized carbons (Fsp3) is 0.545. The molecule has 0 unspecified atom stereocenters. The standard InChI is InChI=1S/C11H16N4O3/c1-14-9(8(6-13-14)11(17)18)7-15-4-2-10(16)12-3-5-15/h6H,2-5,7H2,1H3,(H,12,16)(H,17,18). The molecule has 0 atom stereocenters. The second-order valence-electron chi connectivity index (χ2n) is 4.31. The van der Waals surface area contributed by atoms with Crippen molar-refractivity contribution in [3.63, 3.8) is 0 Å². The summed E-state index contributed by atoms with van der Waals surface area (Å²) in [5, 5.41) is 15.8. The highest BCUT2D eigenvalue weighted by molar-refractivity contribution is 5.88. The molecule has 2 rings (SSSR count). The van der Waals surface area contributed by atoms with E-state index in [0.29, 0.717) is 31.7 Å². The maximum Gasteiger partial charge on any atom is 0.339 e. The molecule has 1 aromatic heterocycles. The maximum atomic E-state index is 11.2. The number of rotatable bonds is 3. The first kappa shape index (κ1) is 12.6. The summed E-state index contributed by atoms with van der Waals surface area (Å²) in [5.74, 6) is -0.928. The van der Waals surface area contributed by atoms with Gasteiger partial charge in [0.05, 0.1) is 11.9 Å². The first-order valence-corrected chi connectivity index (χ1v) is 5.81. The molecule has 1 fully saturated rings. The molecule has 0 bridgehead atoms. The number of carboxylic acid groups (broad SMARTS) is 1. The lowest BCUT2D eigenvalue weighted by Gasteiger charge is -2.19. The van der Waals surface area contributed by atoms with E-state index in [1.807, 2.05) is 0 Å². The van der Waals surface area contributed by atoms with Crippen LogP contribution < -0.4 is 5.32 Å². The number of aromatic carboxylic acids is 1. The quantitative estimate of drug-likeness (QED) is 0.753. The average Bonchev–Trinajstić information content (AvgIpc) is 2.54. The molecular formula is C11H16N4O3. The first-order chi connectivity index (χ1) is 8.58. The van der Waals surface area contributed by atoms with Crippen LogP contribution in [0.25, 0.3) is 0 Å². The Morgan fingerprint density at radius 3 is 3.06 bits per heavy atom. The zero-order chi connectivity index (χ0) is 13.1. The Morgan fingerprint density at radius 2 is 2.33 bits per heavy atom. The third-order valence-corrected chi connectivity index (χ3v) is 3.07. The highest BCUT2D eigenvalue weighted by Gasteiger charge is 2.19. The molecule has 0 aliphatic carbocycles. The molecular weight excluding hydrogens is 236 g/mol. The zero-order valence-corrected chi connectivity index (χ0v) is 10.2. The Hall–Kier alpha value is -1.89. The monoisotopic (exact) mass is 252 g/mol. The smallest absolute Gasteiger partial charge is 0.339 e. The van der Waals surface area contributed by atoms with Gasteiger partial charge in [-0.05, 0) is 0 Å². The van der Waals surface area contributed by atoms with Gasteiger partial charge >= 0.3 is 5.97 Å². The van der Waals surface area contributed by atoms with Gasteiger partial charge in [0.2, 0.25) is 5.91 Å². The van der Waals surface area contributed by atoms with Gasteiger partial charge < -0.3 is 10.4 Å². The first-order valence-electron chi connectivity index (χ1n) is 5.81. The van der Waals surface area contributed by atoms with E-state index < -0.39 is 5.97 Å². The summed E-state index contributed by atoms with van der Waals surface area (Å²) in [4.78, 5) is 24.3. The average molecular weight is 252 g/mol. The van der Waals surface area contributed by atoms with Gasteiger partial charge in [-0.2, -0.15) is 5.10 Å². The third kappa shape index (κ3) is 2.67. The van der Waals surface area contributed by atoms with Gasteiger partial charge in [0.1, 0.15) is 5.56 Å². The SMILES string of the molecule is Cn1ncc(C(=O)O)c1CN1CCNC(=O)CC1. The minimum atomic E-state index is -0.970. The van der Waals surface area contributed by atoms with Crippen molar-refractivity contribution in [3.05, 3.63) is 17.5 Å². The van der Waals surface area contributed by atoms with Gasteiger partial charge in [0.25, 0.3) is 0 Å². The summed E-state index contributed by atoms with van der Waals surface area (Å²) >= 11 is 0. The maximum absolute atomic E-state index is 11.2. The third-order valence-electron chi connectivity index (χ3n) is 3.07. The normalized spacial score (nSPS) is 17.3. The molecule has 1 aliphatic heterocycles. The van der Waals surface area contributed by atoms with Gasteiger partial charge in [-0.15, -0.1) is 0 Å². The van der Waals surface area contributed by atoms with Crippen LogP contribution >= 0.6 is 0 Å². The summed E-state index contributed by atoms with van der Waals surface area (Å²) in [6.07, 6.45) is 1.80. The van der Waals surface area contributed by atoms with E-state index in [2.05, 4.69) is 15.3 Å². The Morgan fingerprint density at radius 1 is 1.56 bits per heavy atom. The number of carboxylic acids is 1. The molecule has 18 heavy (non-hydrogen) atoms. The van der Waals surface area contributed by atoms with E-state index in [4.69, 9.17) is 5.11 Å². The number of hydrogen-bond donors (Lipinski definition) is 2. The van der Waals surface area contributed by atoms with Crippen molar-refractivity contribution < 1.29 is 14.7 Å². The lowest BCUT2D eigenvalue weighted by Crippen LogP contribution is -2.29. The number of hydrogen-bond acceptors (Lipinski definition) is 4. The fourth-order valence-electron chi connectivity index (χ4n) is 2.01. The van der Waals surface area contributed by atoms with Crippen molar-refractivity contribution in [1.29, 1.82) is 0 Å². The Bertz CT molecular complexity index is 469. The molecule has 0 aromatic carbocycles. The summed E-state index contributed by atoms with van der Waals surface area (Å²) < 4.78 is 1.57. The van der Waals surface area contributed by atoms with Crippen LogP contribution in [0.1, 0.15) is 22.5 Å². The molecule has 0 saturated carbocycles. The van der Waals surface area contributed by atoms with Crippen LogP contribution in [-0.2, 0) is 18.4 Å². The van der Waals surface area contributed by atoms with Crippen LogP contribution in [0.5, 0.6) is 0 Å². The Labute approximate surface area is 104 Å². The van der Waals surface area contributed by atoms with E-state index >= 15 is 0 Å². The largest absolute Gasteiger partial charge is 0.478 e. The molecule has 7 heteroatoms. The van der Waals surface area contributed by atoms with Crippen molar-refractivity contribution in [2.75, 3.05) is 19.6 Å². The van der Waals surface area contributed by atoms with Gasteiger partial charge in [-0.3, -0.25) is 14.4 Å². The van der Waals surface area contributed by atoms with Crippen LogP contribution in [0.3, 0.4) is 0 Å². The molecule has 7 nitrogen and oxygen atoms in total. The fourth-order valence-corrected chi connectivity index (χ4v) is 2.01. The second-order valence-corrected chi connectivity index (χ2v) is 4.31. The van der Waals surface area contributed by atoms with E-state index in [1.54, 1.807) is 11.7 Å². The van der Waals surface area contributed by atoms with Crippen LogP contribution in [0.4, 0.5) is 0 Å². The predicted molar refractivity (Wildman–Crippen MR) is 63.1 cm³/mol. The van der Waals surface area contributed by atoms with Crippen LogP contribution in [0.15, 0.2) is 6.20 Å². The van der Waals surface area contributed by atoms with Gasteiger partial charge in [0.15, 0.2) is 0 Å². The van der Waals surface area contributed by atoms with Gasteiger partial charge in [-0.1, -0.05) is 0 Å². The minimum Gasteiger partial charge on any atom is -0.478 e. The van der Waals surface area contributed by atoms with Gasteiger partial charge in [-0.25, -0.2) is 4.79 Å². The number of aromatic nitrogens is 2. The van der Waals surface area contributed by atoms with E-state index in [0.717, 1.165) is 6.54 Å². The molecule has 1 saturated heterocycles. The van der Waals surface area contributed by atoms with Crippen LogP contribution in [0, 0.1) is 0 Å². The van der Waals surface area contributed by atoms with E-state index in [1.165, 1.54) is 6.20 Å². The van der Waals surface area contributed by atoms with E-state index in [9.17, 15) is 9.59 Å². The van der Waals surface area contributed by atoms with Crippen molar-refractivity contribution in [2.24, 2.45) is 7.05 Å². The molecule has 0 radical (unpaired) electrons. The Balaban J connectivity index is 2.11. The minimum absolute atomic E-state index is 0.0426. The number of carbonyl (C=O) groups excluding carboxylic acids is 1. The lowest BCUT2D eigenvalue weighted by atomic mass is 10.2. The second kappa shape index (κ2) is 5.18. The molecule has 1 aromatic rings. The highest BCUT2D eigenvalue weighted by atomic mass is 16.4. The van der Waals surface area contributed by atoms with Gasteiger partial charge in [0, 0.05) is 39.6 Å². The molecule has 1 aliphatic rings. The number of nitrogens with one attached hydrogen (secondary N) is 1. The van der Waals surface area contributed by atoms with Crippen molar-refractivity contribution >= 4 is 11.9 Å². The van der Waals surface area contributed by atoms with Crippen molar-refractivity contribution in [2.45, 2.75) is 13.0 Å². The van der Waals surface area contributed by atoms with Crippen molar-refractivity contribution in [1.82, 2.24) is 20.0 Å². The summed E-state index contributed by atoms with van der Waals surface area (Å²) in [6.45, 7) is 2.44. The zero-order valence-electron chi connectivity index (χ0n) is 10.2. The number of nitrogens with zero attached hydrogens (tertiary/aromatic N) is 3. The molecule has 98 valence electrons. The summed E-state index contributed by atoms with van der Waals surface area (Å²) in [6, 6.07) is 0. The van der Waals surface area contributed by atoms with Crippen LogP contribution in [0.2, 0.25) is 0 Å². The number of aryl methyl sites for hydroxylation is 1. The summed E-state index contributed by atoms with van der Waals surface area (Å²) in [7, 11) is 1.73.